The Morgan fingerprint density at radius 3 is 1.31 bits per heavy atom. The molecule has 0 aliphatic rings. The van der Waals surface area contributed by atoms with Gasteiger partial charge in [0, 0.05) is 0 Å². The summed E-state index contributed by atoms with van der Waals surface area (Å²) < 4.78 is 25.5. The fraction of sp³-hybridized carbons (Fsp3) is 0. The molecule has 0 bridgehead atoms. The van der Waals surface area contributed by atoms with E-state index in [1.54, 1.807) is 0 Å². The molecule has 8 nitrogen and oxygen atoms in total. The van der Waals surface area contributed by atoms with Gasteiger partial charge in [-0.05, 0) is 0 Å². The van der Waals surface area contributed by atoms with E-state index in [2.05, 4.69) is 8.99 Å². The van der Waals surface area contributed by atoms with Crippen LogP contribution in [0.25, 0.3) is 0 Å². The number of phosphoric acid groups is 2. The van der Waals surface area contributed by atoms with Crippen LogP contribution in [0.15, 0.2) is 0 Å². The van der Waals surface area contributed by atoms with Gasteiger partial charge in [-0.2, -0.15) is 4.31 Å². The van der Waals surface area contributed by atoms with Gasteiger partial charge in [-0.1, -0.05) is 0 Å². The van der Waals surface area contributed by atoms with Crippen LogP contribution in [0.4, 0.5) is 0 Å². The van der Waals surface area contributed by atoms with Gasteiger partial charge in [0.05, 0.1) is 0 Å². The number of hydrogen-bond donors (Lipinski definition) is 4. The van der Waals surface area contributed by atoms with Crippen LogP contribution in [0.2, 0.25) is 0 Å². The summed E-state index contributed by atoms with van der Waals surface area (Å²) in [6.45, 7) is 0. The van der Waals surface area contributed by atoms with E-state index >= 15 is 0 Å². The van der Waals surface area contributed by atoms with Crippen molar-refractivity contribution in [2.24, 2.45) is 0 Å². The van der Waals surface area contributed by atoms with Gasteiger partial charge in [0.2, 0.25) is 0 Å². The first-order chi connectivity index (χ1) is 4.27. The third-order valence-corrected chi connectivity index (χ3v) is 2.20. The molecule has 0 aliphatic heterocycles. The first kappa shape index (κ1) is 25.2. The van der Waals surface area contributed by atoms with Gasteiger partial charge in [-0.25, -0.2) is 14.4 Å². The van der Waals surface area contributed by atoms with Crippen molar-refractivity contribution in [1.29, 1.82) is 0 Å². The van der Waals surface area contributed by atoms with Gasteiger partial charge in [0.1, 0.15) is 0 Å². The minimum atomic E-state index is -5.10. The molecule has 0 aliphatic carbocycles. The molecule has 13 heteroatoms. The van der Waals surface area contributed by atoms with Crippen LogP contribution < -0.4 is 0 Å². The van der Waals surface area contributed by atoms with Crippen LogP contribution >= 0.6 is 15.6 Å². The molecule has 1 unspecified atom stereocenters. The Morgan fingerprint density at radius 1 is 0.923 bits per heavy atom. The fourth-order valence-corrected chi connectivity index (χ4v) is 1.34. The molecule has 0 aromatic heterocycles. The maximum absolute atomic E-state index is 9.97. The zero-order chi connectivity index (χ0) is 8.41. The number of rotatable bonds is 3. The molecule has 0 saturated carbocycles. The van der Waals surface area contributed by atoms with Crippen molar-refractivity contribution in [3.05, 3.63) is 0 Å². The monoisotopic (exact) mass is 266 g/mol. The Hall–Kier alpha value is 3.22. The Bertz CT molecular complexity index is 196. The average Bonchev–Trinajstić information content (AvgIpc) is 1.60. The SMILES string of the molecule is O=P(O)(O)OP(=O)(O)OO.[NaH].[NaH].[NaH]. The predicted molar refractivity (Wildman–Crippen MR) is 48.1 cm³/mol. The summed E-state index contributed by atoms with van der Waals surface area (Å²) in [6, 6.07) is 0. The summed E-state index contributed by atoms with van der Waals surface area (Å²) in [7, 11) is -10.1. The second-order valence-electron chi connectivity index (χ2n) is 1.12. The van der Waals surface area contributed by atoms with E-state index in [4.69, 9.17) is 19.9 Å². The predicted octanol–water partition coefficient (Wildman–Crippen LogP) is -2.26. The van der Waals surface area contributed by atoms with Gasteiger partial charge in [-0.3, -0.25) is 0 Å². The molecule has 0 heterocycles. The Morgan fingerprint density at radius 2 is 1.23 bits per heavy atom. The molecule has 4 N–H and O–H groups in total. The van der Waals surface area contributed by atoms with Crippen LogP contribution in [0.5, 0.6) is 0 Å². The van der Waals surface area contributed by atoms with Gasteiger partial charge < -0.3 is 14.7 Å². The van der Waals surface area contributed by atoms with Crippen LogP contribution in [0.1, 0.15) is 0 Å². The van der Waals surface area contributed by atoms with E-state index in [0.717, 1.165) is 0 Å². The van der Waals surface area contributed by atoms with E-state index in [1.807, 2.05) is 0 Å². The van der Waals surface area contributed by atoms with Crippen molar-refractivity contribution in [2.45, 2.75) is 0 Å². The van der Waals surface area contributed by atoms with Crippen molar-refractivity contribution in [1.82, 2.24) is 0 Å². The van der Waals surface area contributed by atoms with Crippen LogP contribution in [-0.2, 0) is 18.1 Å². The molecule has 68 valence electrons. The van der Waals surface area contributed by atoms with Crippen molar-refractivity contribution in [3.8, 4) is 0 Å². The van der Waals surface area contributed by atoms with Gasteiger partial charge in [0.25, 0.3) is 0 Å². The first-order valence-electron chi connectivity index (χ1n) is 1.70. The Labute approximate surface area is 140 Å². The topological polar surface area (TPSA) is 134 Å². The zero-order valence-corrected chi connectivity index (χ0v) is 6.11. The Kier molecular flexibility index (Phi) is 20.1. The maximum atomic E-state index is 9.97. The summed E-state index contributed by atoms with van der Waals surface area (Å²) in [4.78, 5) is 23.7. The molecule has 0 radical (unpaired) electrons. The summed E-state index contributed by atoms with van der Waals surface area (Å²) in [5.41, 5.74) is 0. The van der Waals surface area contributed by atoms with Crippen molar-refractivity contribution >= 4 is 104 Å². The van der Waals surface area contributed by atoms with Crippen molar-refractivity contribution in [2.75, 3.05) is 0 Å². The number of hydrogen-bond acceptors (Lipinski definition) is 5. The summed E-state index contributed by atoms with van der Waals surface area (Å²) in [6.07, 6.45) is 0. The molecule has 0 fully saturated rings. The van der Waals surface area contributed by atoms with E-state index < -0.39 is 15.6 Å². The molecular formula is H7Na3O8P2. The molecule has 1 atom stereocenters. The minimum absolute atomic E-state index is 0. The normalized spacial score (nSPS) is 14.2. The second-order valence-corrected chi connectivity index (χ2v) is 3.86. The molecule has 0 aromatic carbocycles. The quantitative estimate of drug-likeness (QED) is 0.194. The van der Waals surface area contributed by atoms with Crippen LogP contribution in [0.3, 0.4) is 0 Å². The van der Waals surface area contributed by atoms with Crippen molar-refractivity contribution < 1.29 is 38.1 Å². The van der Waals surface area contributed by atoms with E-state index in [1.165, 1.54) is 0 Å². The molecular weight excluding hydrogens is 259 g/mol. The van der Waals surface area contributed by atoms with Gasteiger partial charge >= 0.3 is 104 Å². The fourth-order valence-electron chi connectivity index (χ4n) is 0.149. The van der Waals surface area contributed by atoms with Crippen molar-refractivity contribution in [3.63, 3.8) is 0 Å². The zero-order valence-electron chi connectivity index (χ0n) is 4.32. The van der Waals surface area contributed by atoms with E-state index in [0.29, 0.717) is 0 Å². The van der Waals surface area contributed by atoms with E-state index in [9.17, 15) is 9.13 Å². The molecule has 0 spiro atoms. The van der Waals surface area contributed by atoms with E-state index in [-0.39, 0.29) is 88.7 Å². The van der Waals surface area contributed by atoms with Gasteiger partial charge in [-0.15, -0.1) is 4.67 Å². The molecule has 0 aromatic rings. The average molecular weight is 266 g/mol. The summed E-state index contributed by atoms with van der Waals surface area (Å²) >= 11 is 0. The second kappa shape index (κ2) is 10.4. The molecule has 13 heavy (non-hydrogen) atoms. The first-order valence-corrected chi connectivity index (χ1v) is 4.72. The summed E-state index contributed by atoms with van der Waals surface area (Å²) in [5.74, 6) is 0. The third-order valence-electron chi connectivity index (χ3n) is 0.313. The standard InChI is InChI=1S/3Na.H4O8P2.3H/c;;;1-7-10(5,6)8-9(2,3)4;;;/h;;;1H,(H,5,6)(H2,2,3,4);;;. The molecule has 0 rings (SSSR count). The third kappa shape index (κ3) is 17.8. The van der Waals surface area contributed by atoms with Crippen LogP contribution in [-0.4, -0.2) is 109 Å². The molecule has 0 saturated heterocycles. The molecule has 0 amide bonds. The Balaban J connectivity index is -0.000000135. The van der Waals surface area contributed by atoms with Gasteiger partial charge in [0.15, 0.2) is 0 Å². The van der Waals surface area contributed by atoms with Crippen LogP contribution in [0, 0.1) is 0 Å². The summed E-state index contributed by atoms with van der Waals surface area (Å²) in [5, 5.41) is 7.48.